The van der Waals surface area contributed by atoms with Crippen molar-refractivity contribution in [1.29, 1.82) is 0 Å². The molecule has 0 saturated carbocycles. The average molecular weight is 522 g/mol. The molecule has 0 bridgehead atoms. The van der Waals surface area contributed by atoms with Crippen LogP contribution in [0.2, 0.25) is 0 Å². The normalized spacial score (nSPS) is 16.2. The number of hydrogen-bond acceptors (Lipinski definition) is 5. The van der Waals surface area contributed by atoms with Crippen molar-refractivity contribution in [2.45, 2.75) is 30.2 Å². The van der Waals surface area contributed by atoms with Crippen molar-refractivity contribution < 1.29 is 17.6 Å². The highest BCUT2D eigenvalue weighted by Crippen LogP contribution is 2.29. The second-order valence-electron chi connectivity index (χ2n) is 8.61. The summed E-state index contributed by atoms with van der Waals surface area (Å²) in [6.07, 6.45) is 1.82. The number of benzene rings is 3. The highest BCUT2D eigenvalue weighted by Gasteiger charge is 2.39. The number of rotatable bonds is 7. The molecule has 36 heavy (non-hydrogen) atoms. The van der Waals surface area contributed by atoms with E-state index in [-0.39, 0.29) is 11.4 Å². The van der Waals surface area contributed by atoms with Crippen LogP contribution in [0.4, 0.5) is 9.52 Å². The zero-order valence-corrected chi connectivity index (χ0v) is 20.9. The number of halogens is 1. The third-order valence-corrected chi connectivity index (χ3v) is 8.84. The summed E-state index contributed by atoms with van der Waals surface area (Å²) in [6.45, 7) is 0.232. The molecule has 3 aromatic carbocycles. The molecule has 1 atom stereocenters. The molecule has 1 amide bonds. The maximum absolute atomic E-state index is 13.3. The van der Waals surface area contributed by atoms with Gasteiger partial charge in [0.25, 0.3) is 0 Å². The number of hydrogen-bond donors (Lipinski definition) is 1. The van der Waals surface area contributed by atoms with Gasteiger partial charge in [0.2, 0.25) is 15.9 Å². The first-order valence-corrected chi connectivity index (χ1v) is 13.9. The van der Waals surface area contributed by atoms with Gasteiger partial charge in [0.15, 0.2) is 5.13 Å². The van der Waals surface area contributed by atoms with Gasteiger partial charge < -0.3 is 5.32 Å². The minimum absolute atomic E-state index is 0.0316. The Balaban J connectivity index is 1.26. The summed E-state index contributed by atoms with van der Waals surface area (Å²) in [7, 11) is -3.92. The Labute approximate surface area is 213 Å². The Hall–Kier alpha value is -3.40. The van der Waals surface area contributed by atoms with Crippen LogP contribution < -0.4 is 5.32 Å². The van der Waals surface area contributed by atoms with Gasteiger partial charge in [-0.3, -0.25) is 4.79 Å². The maximum Gasteiger partial charge on any atom is 0.244 e. The fourth-order valence-corrected chi connectivity index (χ4v) is 6.69. The van der Waals surface area contributed by atoms with Crippen molar-refractivity contribution in [3.8, 4) is 11.3 Å². The van der Waals surface area contributed by atoms with Gasteiger partial charge in [-0.1, -0.05) is 54.6 Å². The lowest BCUT2D eigenvalue weighted by Gasteiger charge is -2.23. The van der Waals surface area contributed by atoms with E-state index in [1.807, 2.05) is 35.7 Å². The van der Waals surface area contributed by atoms with Crippen LogP contribution in [0, 0.1) is 5.82 Å². The molecule has 1 aliphatic heterocycles. The van der Waals surface area contributed by atoms with Crippen LogP contribution in [0.5, 0.6) is 0 Å². The molecule has 1 saturated heterocycles. The summed E-state index contributed by atoms with van der Waals surface area (Å²) in [4.78, 5) is 17.5. The molecule has 1 aliphatic rings. The summed E-state index contributed by atoms with van der Waals surface area (Å²) in [5.74, 6) is -0.938. The molecule has 0 spiro atoms. The molecule has 1 unspecified atom stereocenters. The van der Waals surface area contributed by atoms with Crippen molar-refractivity contribution in [3.05, 3.63) is 101 Å². The van der Waals surface area contributed by atoms with E-state index in [9.17, 15) is 17.6 Å². The van der Waals surface area contributed by atoms with E-state index in [1.54, 1.807) is 0 Å². The van der Waals surface area contributed by atoms with E-state index < -0.39 is 27.8 Å². The third kappa shape index (κ3) is 5.23. The molecule has 1 fully saturated rings. The van der Waals surface area contributed by atoms with E-state index in [0.717, 1.165) is 29.8 Å². The first kappa shape index (κ1) is 24.3. The van der Waals surface area contributed by atoms with Crippen molar-refractivity contribution in [2.24, 2.45) is 0 Å². The minimum Gasteiger partial charge on any atom is -0.301 e. The molecule has 9 heteroatoms. The second-order valence-corrected chi connectivity index (χ2v) is 11.4. The van der Waals surface area contributed by atoms with Crippen molar-refractivity contribution in [3.63, 3.8) is 0 Å². The van der Waals surface area contributed by atoms with Crippen LogP contribution in [0.25, 0.3) is 11.3 Å². The highest BCUT2D eigenvalue weighted by molar-refractivity contribution is 7.89. The predicted octanol–water partition coefficient (Wildman–Crippen LogP) is 5.33. The predicted molar refractivity (Wildman–Crippen MR) is 139 cm³/mol. The number of carbonyl (C=O) groups is 1. The van der Waals surface area contributed by atoms with Gasteiger partial charge in [0.1, 0.15) is 11.9 Å². The molecule has 1 N–H and O–H groups in total. The summed E-state index contributed by atoms with van der Waals surface area (Å²) < 4.78 is 40.6. The number of carbonyl (C=O) groups excluding carboxylic acids is 1. The largest absolute Gasteiger partial charge is 0.301 e. The quantitative estimate of drug-likeness (QED) is 0.356. The van der Waals surface area contributed by atoms with E-state index in [0.29, 0.717) is 18.0 Å². The molecule has 184 valence electrons. The lowest BCUT2D eigenvalue weighted by molar-refractivity contribution is -0.119. The van der Waals surface area contributed by atoms with E-state index in [4.69, 9.17) is 0 Å². The van der Waals surface area contributed by atoms with Crippen LogP contribution in [0.1, 0.15) is 24.0 Å². The molecule has 5 rings (SSSR count). The number of thiazole rings is 1. The standard InChI is InChI=1S/C27H24FN3O3S2/c28-22-12-14-23(15-13-22)36(33,34)31-16-4-7-25(31)26(32)30-27-29-24(18-35-27)21-10-8-20(9-11-21)17-19-5-2-1-3-6-19/h1-3,5-6,8-15,18,25H,4,7,16-17H2,(H,29,30,32). The van der Waals surface area contributed by atoms with Crippen LogP contribution >= 0.6 is 11.3 Å². The van der Waals surface area contributed by atoms with Gasteiger partial charge in [-0.25, -0.2) is 17.8 Å². The van der Waals surface area contributed by atoms with Gasteiger partial charge in [0, 0.05) is 17.5 Å². The van der Waals surface area contributed by atoms with Crippen LogP contribution in [0.15, 0.2) is 89.1 Å². The first-order chi connectivity index (χ1) is 17.4. The van der Waals surface area contributed by atoms with Crippen molar-refractivity contribution >= 4 is 32.4 Å². The average Bonchev–Trinajstić information content (AvgIpc) is 3.56. The van der Waals surface area contributed by atoms with Crippen molar-refractivity contribution in [2.75, 3.05) is 11.9 Å². The number of aromatic nitrogens is 1. The Morgan fingerprint density at radius 2 is 1.69 bits per heavy atom. The Morgan fingerprint density at radius 1 is 1.00 bits per heavy atom. The smallest absolute Gasteiger partial charge is 0.244 e. The molecule has 0 aliphatic carbocycles. The van der Waals surface area contributed by atoms with Crippen LogP contribution in [-0.4, -0.2) is 36.2 Å². The lowest BCUT2D eigenvalue weighted by atomic mass is 10.0. The second kappa shape index (κ2) is 10.3. The third-order valence-electron chi connectivity index (χ3n) is 6.16. The molecule has 1 aromatic heterocycles. The van der Waals surface area contributed by atoms with Crippen LogP contribution in [-0.2, 0) is 21.2 Å². The topological polar surface area (TPSA) is 79.4 Å². The van der Waals surface area contributed by atoms with Gasteiger partial charge >= 0.3 is 0 Å². The van der Waals surface area contributed by atoms with E-state index in [1.165, 1.54) is 38.9 Å². The summed E-state index contributed by atoms with van der Waals surface area (Å²) in [5, 5.41) is 5.06. The number of amides is 1. The molecular weight excluding hydrogens is 497 g/mol. The fourth-order valence-electron chi connectivity index (χ4n) is 4.31. The molecule has 6 nitrogen and oxygen atoms in total. The summed E-state index contributed by atoms with van der Waals surface area (Å²) >= 11 is 1.29. The van der Waals surface area contributed by atoms with Gasteiger partial charge in [-0.15, -0.1) is 11.3 Å². The summed E-state index contributed by atoms with van der Waals surface area (Å²) in [5.41, 5.74) is 4.11. The van der Waals surface area contributed by atoms with Crippen molar-refractivity contribution in [1.82, 2.24) is 9.29 Å². The van der Waals surface area contributed by atoms with Gasteiger partial charge in [-0.05, 0) is 54.7 Å². The summed E-state index contributed by atoms with van der Waals surface area (Å²) in [6, 6.07) is 22.2. The van der Waals surface area contributed by atoms with Crippen LogP contribution in [0.3, 0.4) is 0 Å². The maximum atomic E-state index is 13.3. The number of sulfonamides is 1. The zero-order chi connectivity index (χ0) is 25.1. The monoisotopic (exact) mass is 521 g/mol. The Bertz CT molecular complexity index is 1450. The molecule has 2 heterocycles. The number of nitrogens with zero attached hydrogens (tertiary/aromatic N) is 2. The molecular formula is C27H24FN3O3S2. The van der Waals surface area contributed by atoms with E-state index >= 15 is 0 Å². The zero-order valence-electron chi connectivity index (χ0n) is 19.3. The fraction of sp³-hybridized carbons (Fsp3) is 0.185. The number of anilines is 1. The first-order valence-electron chi connectivity index (χ1n) is 11.6. The molecule has 4 aromatic rings. The lowest BCUT2D eigenvalue weighted by Crippen LogP contribution is -2.43. The van der Waals surface area contributed by atoms with Gasteiger partial charge in [0.05, 0.1) is 10.6 Å². The SMILES string of the molecule is O=C(Nc1nc(-c2ccc(Cc3ccccc3)cc2)cs1)C1CCCN1S(=O)(=O)c1ccc(F)cc1. The Kier molecular flexibility index (Phi) is 6.95. The molecule has 0 radical (unpaired) electrons. The Morgan fingerprint density at radius 3 is 2.42 bits per heavy atom. The number of nitrogens with one attached hydrogen (secondary N) is 1. The van der Waals surface area contributed by atoms with Gasteiger partial charge in [-0.2, -0.15) is 4.31 Å². The minimum atomic E-state index is -3.92. The van der Waals surface area contributed by atoms with E-state index in [2.05, 4.69) is 34.6 Å². The highest BCUT2D eigenvalue weighted by atomic mass is 32.2.